The summed E-state index contributed by atoms with van der Waals surface area (Å²) in [5.74, 6) is -0.162. The molecule has 0 aliphatic heterocycles. The van der Waals surface area contributed by atoms with Crippen molar-refractivity contribution < 1.29 is 4.79 Å². The van der Waals surface area contributed by atoms with E-state index in [-0.39, 0.29) is 5.91 Å². The zero-order chi connectivity index (χ0) is 13.3. The van der Waals surface area contributed by atoms with Crippen molar-refractivity contribution in [3.05, 3.63) is 41.2 Å². The SMILES string of the molecule is Cc1cc(NC(=O)c2cn(C)nc2C)ccc1N. The summed E-state index contributed by atoms with van der Waals surface area (Å²) in [5, 5.41) is 6.97. The van der Waals surface area contributed by atoms with Crippen LogP contribution in [0.1, 0.15) is 21.6 Å². The van der Waals surface area contributed by atoms with Gasteiger partial charge < -0.3 is 11.1 Å². The second-order valence-electron chi connectivity index (χ2n) is 4.33. The number of aromatic nitrogens is 2. The summed E-state index contributed by atoms with van der Waals surface area (Å²) < 4.78 is 1.62. The molecule has 5 nitrogen and oxygen atoms in total. The van der Waals surface area contributed by atoms with Crippen LogP contribution in [0.4, 0.5) is 11.4 Å². The van der Waals surface area contributed by atoms with Crippen LogP contribution in [0, 0.1) is 13.8 Å². The lowest BCUT2D eigenvalue weighted by molar-refractivity contribution is 0.102. The van der Waals surface area contributed by atoms with E-state index in [4.69, 9.17) is 5.73 Å². The third-order valence-corrected chi connectivity index (χ3v) is 2.79. The number of hydrogen-bond acceptors (Lipinski definition) is 3. The summed E-state index contributed by atoms with van der Waals surface area (Å²) in [6.07, 6.45) is 1.70. The van der Waals surface area contributed by atoms with Gasteiger partial charge in [0.2, 0.25) is 0 Å². The molecule has 0 saturated heterocycles. The van der Waals surface area contributed by atoms with E-state index in [0.717, 1.165) is 11.3 Å². The molecule has 0 bridgehead atoms. The quantitative estimate of drug-likeness (QED) is 0.792. The highest BCUT2D eigenvalue weighted by Gasteiger charge is 2.12. The predicted molar refractivity (Wildman–Crippen MR) is 71.5 cm³/mol. The van der Waals surface area contributed by atoms with Gasteiger partial charge in [0.25, 0.3) is 5.91 Å². The normalized spacial score (nSPS) is 10.4. The molecule has 2 aromatic rings. The van der Waals surface area contributed by atoms with Crippen molar-refractivity contribution in [3.8, 4) is 0 Å². The van der Waals surface area contributed by atoms with E-state index in [0.29, 0.717) is 16.9 Å². The van der Waals surface area contributed by atoms with Crippen LogP contribution in [0.3, 0.4) is 0 Å². The Bertz CT molecular complexity index is 601. The molecular formula is C13H16N4O. The Morgan fingerprint density at radius 1 is 1.39 bits per heavy atom. The average molecular weight is 244 g/mol. The van der Waals surface area contributed by atoms with Gasteiger partial charge in [-0.3, -0.25) is 9.48 Å². The number of rotatable bonds is 2. The number of anilines is 2. The summed E-state index contributed by atoms with van der Waals surface area (Å²) in [6, 6.07) is 5.41. The fourth-order valence-electron chi connectivity index (χ4n) is 1.77. The molecular weight excluding hydrogens is 228 g/mol. The summed E-state index contributed by atoms with van der Waals surface area (Å²) in [7, 11) is 1.79. The smallest absolute Gasteiger partial charge is 0.259 e. The van der Waals surface area contributed by atoms with Crippen LogP contribution in [0.2, 0.25) is 0 Å². The Kier molecular flexibility index (Phi) is 3.06. The average Bonchev–Trinajstić information content (AvgIpc) is 2.63. The van der Waals surface area contributed by atoms with Crippen molar-refractivity contribution in [1.82, 2.24) is 9.78 Å². The monoisotopic (exact) mass is 244 g/mol. The number of benzene rings is 1. The first-order valence-corrected chi connectivity index (χ1v) is 5.65. The Morgan fingerprint density at radius 3 is 2.67 bits per heavy atom. The summed E-state index contributed by atoms with van der Waals surface area (Å²) >= 11 is 0. The minimum atomic E-state index is -0.162. The molecule has 0 atom stereocenters. The van der Waals surface area contributed by atoms with Gasteiger partial charge in [0.1, 0.15) is 0 Å². The van der Waals surface area contributed by atoms with Crippen molar-refractivity contribution in [2.45, 2.75) is 13.8 Å². The molecule has 18 heavy (non-hydrogen) atoms. The number of hydrogen-bond donors (Lipinski definition) is 2. The Hall–Kier alpha value is -2.30. The second kappa shape index (κ2) is 4.52. The number of nitrogens with two attached hydrogens (primary N) is 1. The zero-order valence-corrected chi connectivity index (χ0v) is 10.7. The van der Waals surface area contributed by atoms with Crippen molar-refractivity contribution in [3.63, 3.8) is 0 Å². The number of amides is 1. The number of nitrogens with one attached hydrogen (secondary N) is 1. The van der Waals surface area contributed by atoms with Gasteiger partial charge in [0, 0.05) is 24.6 Å². The van der Waals surface area contributed by atoms with E-state index in [2.05, 4.69) is 10.4 Å². The molecule has 2 rings (SSSR count). The molecule has 0 fully saturated rings. The van der Waals surface area contributed by atoms with Crippen LogP contribution in [0.25, 0.3) is 0 Å². The van der Waals surface area contributed by atoms with Crippen molar-refractivity contribution in [1.29, 1.82) is 0 Å². The molecule has 0 saturated carbocycles. The lowest BCUT2D eigenvalue weighted by atomic mass is 10.1. The molecule has 0 radical (unpaired) electrons. The fourth-order valence-corrected chi connectivity index (χ4v) is 1.77. The minimum absolute atomic E-state index is 0.162. The van der Waals surface area contributed by atoms with Crippen LogP contribution in [-0.4, -0.2) is 15.7 Å². The molecule has 0 aliphatic rings. The predicted octanol–water partition coefficient (Wildman–Crippen LogP) is 1.87. The van der Waals surface area contributed by atoms with Gasteiger partial charge in [-0.15, -0.1) is 0 Å². The lowest BCUT2D eigenvalue weighted by Crippen LogP contribution is -2.12. The Balaban J connectivity index is 2.21. The maximum Gasteiger partial charge on any atom is 0.259 e. The third kappa shape index (κ3) is 2.34. The van der Waals surface area contributed by atoms with Gasteiger partial charge in [0.15, 0.2) is 0 Å². The number of aryl methyl sites for hydroxylation is 3. The van der Waals surface area contributed by atoms with Crippen molar-refractivity contribution in [2.75, 3.05) is 11.1 Å². The van der Waals surface area contributed by atoms with Crippen molar-refractivity contribution >= 4 is 17.3 Å². The standard InChI is InChI=1S/C13H16N4O/c1-8-6-10(4-5-12(8)14)15-13(18)11-7-17(3)16-9(11)2/h4-7H,14H2,1-3H3,(H,15,18). The van der Waals surface area contributed by atoms with Crippen LogP contribution >= 0.6 is 0 Å². The number of carbonyl (C=O) groups is 1. The van der Waals surface area contributed by atoms with Crippen LogP contribution in [0.15, 0.2) is 24.4 Å². The molecule has 1 amide bonds. The summed E-state index contributed by atoms with van der Waals surface area (Å²) in [5.41, 5.74) is 9.40. The second-order valence-corrected chi connectivity index (χ2v) is 4.33. The van der Waals surface area contributed by atoms with E-state index in [1.807, 2.05) is 19.9 Å². The Labute approximate surface area is 106 Å². The highest BCUT2D eigenvalue weighted by atomic mass is 16.1. The summed E-state index contributed by atoms with van der Waals surface area (Å²) in [4.78, 5) is 12.0. The van der Waals surface area contributed by atoms with Gasteiger partial charge >= 0.3 is 0 Å². The van der Waals surface area contributed by atoms with E-state index in [1.165, 1.54) is 0 Å². The molecule has 0 aliphatic carbocycles. The maximum absolute atomic E-state index is 12.0. The first-order chi connectivity index (χ1) is 8.47. The molecule has 1 aromatic heterocycles. The lowest BCUT2D eigenvalue weighted by Gasteiger charge is -2.06. The van der Waals surface area contributed by atoms with Crippen LogP contribution < -0.4 is 11.1 Å². The number of nitrogen functional groups attached to an aromatic ring is 1. The minimum Gasteiger partial charge on any atom is -0.399 e. The highest BCUT2D eigenvalue weighted by molar-refractivity contribution is 6.05. The molecule has 0 unspecified atom stereocenters. The fraction of sp³-hybridized carbons (Fsp3) is 0.231. The van der Waals surface area contributed by atoms with Crippen LogP contribution in [-0.2, 0) is 7.05 Å². The van der Waals surface area contributed by atoms with Crippen LogP contribution in [0.5, 0.6) is 0 Å². The maximum atomic E-state index is 12.0. The van der Waals surface area contributed by atoms with Crippen molar-refractivity contribution in [2.24, 2.45) is 7.05 Å². The third-order valence-electron chi connectivity index (χ3n) is 2.79. The van der Waals surface area contributed by atoms with E-state index in [1.54, 1.807) is 30.1 Å². The van der Waals surface area contributed by atoms with E-state index < -0.39 is 0 Å². The molecule has 1 heterocycles. The van der Waals surface area contributed by atoms with E-state index in [9.17, 15) is 4.79 Å². The molecule has 3 N–H and O–H groups in total. The molecule has 94 valence electrons. The first-order valence-electron chi connectivity index (χ1n) is 5.65. The molecule has 1 aromatic carbocycles. The van der Waals surface area contributed by atoms with Gasteiger partial charge in [-0.25, -0.2) is 0 Å². The largest absolute Gasteiger partial charge is 0.399 e. The molecule has 5 heteroatoms. The van der Waals surface area contributed by atoms with Gasteiger partial charge in [0.05, 0.1) is 11.3 Å². The first kappa shape index (κ1) is 12.2. The Morgan fingerprint density at radius 2 is 2.11 bits per heavy atom. The van der Waals surface area contributed by atoms with Gasteiger partial charge in [-0.05, 0) is 37.6 Å². The van der Waals surface area contributed by atoms with Gasteiger partial charge in [-0.1, -0.05) is 0 Å². The number of nitrogens with zero attached hydrogens (tertiary/aromatic N) is 2. The van der Waals surface area contributed by atoms with E-state index >= 15 is 0 Å². The topological polar surface area (TPSA) is 72.9 Å². The number of carbonyl (C=O) groups excluding carboxylic acids is 1. The highest BCUT2D eigenvalue weighted by Crippen LogP contribution is 2.17. The zero-order valence-electron chi connectivity index (χ0n) is 10.7. The molecule has 0 spiro atoms. The van der Waals surface area contributed by atoms with Gasteiger partial charge in [-0.2, -0.15) is 5.10 Å². The summed E-state index contributed by atoms with van der Waals surface area (Å²) in [6.45, 7) is 3.71.